The third-order valence-electron chi connectivity index (χ3n) is 6.81. The Morgan fingerprint density at radius 1 is 1.20 bits per heavy atom. The van der Waals surface area contributed by atoms with E-state index in [0.29, 0.717) is 17.0 Å². The lowest BCUT2D eigenvalue weighted by atomic mass is 9.72. The largest absolute Gasteiger partial charge is 0.547 e. The fraction of sp³-hybridized carbons (Fsp3) is 0.292. The Hall–Kier alpha value is -4.82. The molecule has 4 rings (SSSR count). The monoisotopic (exact) mass is 637 g/mol. The highest BCUT2D eigenvalue weighted by Gasteiger charge is 2.41. The molecule has 0 aliphatic carbocycles. The standard InChI is InChI=1S/C24H26BF2N7O9S/c1-2-33-6-7-34(22(37)21(33)36)24(28)31-18(17-14(26)9-12(10-15(17)27)32-44(29,41)42)20(35)30-16-8-11-4-3-5-13(23(38)39)19(11)43-25(16)40/h3-5,9-10,16,18,32,40H,2,6-8H2,1H3,(H2,28,31)(H,30,35)(H,38,39)(H2,29,41,42)/t16-,18?/m0/s1. The van der Waals surface area contributed by atoms with Crippen molar-refractivity contribution < 1.29 is 51.2 Å². The highest BCUT2D eigenvalue weighted by molar-refractivity contribution is 7.90. The van der Waals surface area contributed by atoms with Crippen molar-refractivity contribution in [2.75, 3.05) is 24.4 Å². The molecule has 2 aliphatic rings. The number of carboxylic acid groups (broad SMARTS) is 1. The normalized spacial score (nSPS) is 17.4. The van der Waals surface area contributed by atoms with Gasteiger partial charge in [0.2, 0.25) is 5.91 Å². The molecule has 0 aromatic heterocycles. The Morgan fingerprint density at radius 3 is 2.45 bits per heavy atom. The average Bonchev–Trinajstić information content (AvgIpc) is 2.92. The number of guanidine groups is 1. The average molecular weight is 637 g/mol. The van der Waals surface area contributed by atoms with Gasteiger partial charge in [-0.1, -0.05) is 12.1 Å². The first kappa shape index (κ1) is 32.1. The molecular weight excluding hydrogens is 611 g/mol. The molecule has 0 radical (unpaired) electrons. The number of halogens is 2. The van der Waals surface area contributed by atoms with E-state index < -0.39 is 81.8 Å². The lowest BCUT2D eigenvalue weighted by molar-refractivity contribution is -0.153. The van der Waals surface area contributed by atoms with Gasteiger partial charge < -0.3 is 30.3 Å². The van der Waals surface area contributed by atoms with Crippen LogP contribution in [0.5, 0.6) is 5.75 Å². The van der Waals surface area contributed by atoms with Crippen LogP contribution in [0.1, 0.15) is 34.5 Å². The highest BCUT2D eigenvalue weighted by Crippen LogP contribution is 2.31. The van der Waals surface area contributed by atoms with Crippen molar-refractivity contribution in [3.8, 4) is 5.75 Å². The van der Waals surface area contributed by atoms with E-state index in [4.69, 9.17) is 15.2 Å². The van der Waals surface area contributed by atoms with Crippen LogP contribution in [0.4, 0.5) is 14.5 Å². The number of rotatable bonds is 8. The lowest BCUT2D eigenvalue weighted by Crippen LogP contribution is -2.60. The second kappa shape index (κ2) is 12.4. The van der Waals surface area contributed by atoms with Crippen molar-refractivity contribution in [3.63, 3.8) is 0 Å². The number of nitrogens with two attached hydrogens (primary N) is 1. The second-order valence-corrected chi connectivity index (χ2v) is 11.0. The van der Waals surface area contributed by atoms with E-state index in [1.54, 1.807) is 11.6 Å². The van der Waals surface area contributed by atoms with Crippen molar-refractivity contribution >= 4 is 52.7 Å². The summed E-state index contributed by atoms with van der Waals surface area (Å²) >= 11 is 0. The Kier molecular flexibility index (Phi) is 9.07. The van der Waals surface area contributed by atoms with Crippen molar-refractivity contribution in [1.82, 2.24) is 20.4 Å². The van der Waals surface area contributed by atoms with Crippen LogP contribution in [0.25, 0.3) is 0 Å². The van der Waals surface area contributed by atoms with Gasteiger partial charge in [0, 0.05) is 19.6 Å². The van der Waals surface area contributed by atoms with E-state index in [0.717, 1.165) is 0 Å². The maximum atomic E-state index is 15.3. The lowest BCUT2D eigenvalue weighted by Gasteiger charge is -2.35. The molecule has 8 N–H and O–H groups in total. The van der Waals surface area contributed by atoms with Crippen LogP contribution in [0.2, 0.25) is 0 Å². The highest BCUT2D eigenvalue weighted by atomic mass is 32.2. The van der Waals surface area contributed by atoms with Gasteiger partial charge in [-0.25, -0.2) is 18.7 Å². The topological polar surface area (TPSA) is 245 Å². The molecule has 16 nitrogen and oxygen atoms in total. The molecule has 2 aliphatic heterocycles. The fourth-order valence-corrected chi connectivity index (χ4v) is 5.18. The number of likely N-dealkylation sites (N-methyl/N-ethyl adjacent to an activating group) is 1. The number of amides is 3. The van der Waals surface area contributed by atoms with E-state index in [-0.39, 0.29) is 42.9 Å². The molecule has 0 spiro atoms. The van der Waals surface area contributed by atoms with E-state index in [1.807, 2.05) is 0 Å². The van der Waals surface area contributed by atoms with Crippen LogP contribution in [0.15, 0.2) is 30.3 Å². The molecule has 20 heteroatoms. The SMILES string of the molecule is CCN1CCN(C(=N)NC(C(=O)N[C@H]2Cc3cccc(C(=O)O)c3OB2O)c2c(F)cc(NS(N)(=O)=O)cc2F)C(=O)C1=O. The second-order valence-electron chi connectivity index (χ2n) is 9.69. The summed E-state index contributed by atoms with van der Waals surface area (Å²) in [5.41, 5.74) is -1.61. The molecule has 2 aromatic rings. The van der Waals surface area contributed by atoms with Gasteiger partial charge >= 0.3 is 24.9 Å². The Bertz CT molecular complexity index is 1640. The van der Waals surface area contributed by atoms with E-state index in [2.05, 4.69) is 10.6 Å². The van der Waals surface area contributed by atoms with Crippen molar-refractivity contribution in [2.24, 2.45) is 5.14 Å². The molecular formula is C24H26BF2N7O9S. The zero-order valence-electron chi connectivity index (χ0n) is 22.8. The summed E-state index contributed by atoms with van der Waals surface area (Å²) < 4.78 is 60.4. The summed E-state index contributed by atoms with van der Waals surface area (Å²) in [6, 6.07) is 3.04. The number of anilines is 1. The van der Waals surface area contributed by atoms with Crippen LogP contribution < -0.4 is 25.1 Å². The quantitative estimate of drug-likeness (QED) is 0.0778. The van der Waals surface area contributed by atoms with Gasteiger partial charge in [-0.15, -0.1) is 0 Å². The minimum absolute atomic E-state index is 0.0298. The molecule has 2 aromatic carbocycles. The molecule has 0 saturated carbocycles. The third-order valence-corrected chi connectivity index (χ3v) is 7.33. The maximum Gasteiger partial charge on any atom is 0.547 e. The number of hydrogen-bond acceptors (Lipinski definition) is 9. The number of carboxylic acids is 1. The molecule has 1 unspecified atom stereocenters. The molecule has 234 valence electrons. The van der Waals surface area contributed by atoms with Gasteiger partial charge in [-0.05, 0) is 37.1 Å². The molecule has 0 bridgehead atoms. The van der Waals surface area contributed by atoms with Crippen molar-refractivity contribution in [2.45, 2.75) is 25.3 Å². The number of hydrogen-bond donors (Lipinski definition) is 7. The Balaban J connectivity index is 1.66. The van der Waals surface area contributed by atoms with E-state index >= 15 is 8.78 Å². The summed E-state index contributed by atoms with van der Waals surface area (Å²) in [5.74, 6) is -9.87. The van der Waals surface area contributed by atoms with Gasteiger partial charge in [0.05, 0.1) is 22.8 Å². The minimum Gasteiger partial charge on any atom is -0.534 e. The maximum absolute atomic E-state index is 15.3. The van der Waals surface area contributed by atoms with Gasteiger partial charge in [0.1, 0.15) is 23.4 Å². The first-order valence-electron chi connectivity index (χ1n) is 12.9. The minimum atomic E-state index is -4.44. The molecule has 1 saturated heterocycles. The van der Waals surface area contributed by atoms with E-state index in [9.17, 15) is 37.7 Å². The van der Waals surface area contributed by atoms with Crippen LogP contribution in [0.3, 0.4) is 0 Å². The van der Waals surface area contributed by atoms with Gasteiger partial charge in [-0.2, -0.15) is 8.42 Å². The number of aromatic carboxylic acids is 1. The summed E-state index contributed by atoms with van der Waals surface area (Å²) in [4.78, 5) is 51.9. The molecule has 2 heterocycles. The summed E-state index contributed by atoms with van der Waals surface area (Å²) in [5, 5.41) is 37.8. The molecule has 3 amide bonds. The first-order valence-corrected chi connectivity index (χ1v) is 14.4. The number of carbonyl (C=O) groups is 4. The zero-order valence-corrected chi connectivity index (χ0v) is 23.7. The first-order chi connectivity index (χ1) is 20.6. The number of nitrogens with one attached hydrogen (secondary N) is 4. The summed E-state index contributed by atoms with van der Waals surface area (Å²) in [6.07, 6.45) is -0.179. The third kappa shape index (κ3) is 6.71. The van der Waals surface area contributed by atoms with Crippen molar-refractivity contribution in [3.05, 3.63) is 58.7 Å². The van der Waals surface area contributed by atoms with Gasteiger partial charge in [0.15, 0.2) is 5.96 Å². The van der Waals surface area contributed by atoms with Gasteiger partial charge in [-0.3, -0.25) is 29.4 Å². The zero-order chi connectivity index (χ0) is 32.5. The Morgan fingerprint density at radius 2 is 1.86 bits per heavy atom. The van der Waals surface area contributed by atoms with Crippen LogP contribution in [-0.4, -0.2) is 90.7 Å². The fourth-order valence-electron chi connectivity index (χ4n) is 4.74. The predicted octanol–water partition coefficient (Wildman–Crippen LogP) is -1.33. The summed E-state index contributed by atoms with van der Waals surface area (Å²) in [6.45, 7) is 1.69. The number of carbonyl (C=O) groups excluding carboxylic acids is 3. The molecule has 44 heavy (non-hydrogen) atoms. The number of nitrogens with zero attached hydrogens (tertiary/aromatic N) is 2. The number of piperazine rings is 1. The van der Waals surface area contributed by atoms with Crippen LogP contribution in [-0.2, 0) is 31.0 Å². The molecule has 1 fully saturated rings. The number of benzene rings is 2. The number of para-hydroxylation sites is 1. The van der Waals surface area contributed by atoms with E-state index in [1.165, 1.54) is 23.1 Å². The smallest absolute Gasteiger partial charge is 0.534 e. The Labute approximate surface area is 249 Å². The van der Waals surface area contributed by atoms with Crippen LogP contribution in [0, 0.1) is 17.0 Å². The number of fused-ring (bicyclic) bond motifs is 1. The molecule has 2 atom stereocenters. The van der Waals surface area contributed by atoms with Crippen LogP contribution >= 0.6 is 0 Å². The predicted molar refractivity (Wildman–Crippen MR) is 148 cm³/mol. The van der Waals surface area contributed by atoms with Crippen molar-refractivity contribution in [1.29, 1.82) is 5.41 Å². The summed E-state index contributed by atoms with van der Waals surface area (Å²) in [7, 11) is -6.26. The van der Waals surface area contributed by atoms with Gasteiger partial charge in [0.25, 0.3) is 10.2 Å².